The molecule has 170 valence electrons. The third-order valence-electron chi connectivity index (χ3n) is 10.5. The molecule has 5 fully saturated rings. The lowest BCUT2D eigenvalue weighted by Gasteiger charge is -2.52. The predicted octanol–water partition coefficient (Wildman–Crippen LogP) is 2.49. The molecule has 4 aliphatic heterocycles. The number of rotatable bonds is 4. The maximum atomic E-state index is 12.9. The second kappa shape index (κ2) is 6.42. The van der Waals surface area contributed by atoms with E-state index in [1.165, 1.54) is 12.8 Å². The number of hydrogen-bond donors (Lipinski definition) is 1. The molecule has 31 heavy (non-hydrogen) atoms. The molecule has 0 aromatic rings. The highest BCUT2D eigenvalue weighted by Gasteiger charge is 2.82. The Balaban J connectivity index is 1.44. The van der Waals surface area contributed by atoms with Gasteiger partial charge >= 0.3 is 5.97 Å². The first-order valence-corrected chi connectivity index (χ1v) is 12.2. The number of allylic oxidation sites excluding steroid dienone is 2. The highest BCUT2D eigenvalue weighted by molar-refractivity contribution is 5.89. The van der Waals surface area contributed by atoms with Crippen LogP contribution in [-0.4, -0.2) is 65.8 Å². The molecule has 6 nitrogen and oxygen atoms in total. The Morgan fingerprint density at radius 3 is 2.81 bits per heavy atom. The highest BCUT2D eigenvalue weighted by Crippen LogP contribution is 2.73. The molecule has 2 aliphatic carbocycles. The molecule has 6 aliphatic rings. The normalized spacial score (nSPS) is 52.9. The summed E-state index contributed by atoms with van der Waals surface area (Å²) in [6.07, 6.45) is 10.5. The number of ether oxygens (including phenoxy) is 2. The Bertz CT molecular complexity index is 857. The van der Waals surface area contributed by atoms with Crippen molar-refractivity contribution in [3.63, 3.8) is 0 Å². The van der Waals surface area contributed by atoms with Gasteiger partial charge in [-0.1, -0.05) is 19.1 Å². The number of Topliss-reactive ketones (excluding diaryl/α,β-unsaturated/α-hetero) is 1. The Kier molecular flexibility index (Phi) is 4.22. The van der Waals surface area contributed by atoms with Gasteiger partial charge < -0.3 is 14.6 Å². The number of aliphatic hydroxyl groups is 1. The molecule has 1 saturated carbocycles. The van der Waals surface area contributed by atoms with Crippen molar-refractivity contribution < 1.29 is 24.2 Å². The fraction of sp³-hybridized carbons (Fsp3) is 0.840. The number of piperidine rings is 1. The quantitative estimate of drug-likeness (QED) is 0.547. The van der Waals surface area contributed by atoms with Gasteiger partial charge in [-0.3, -0.25) is 14.5 Å². The van der Waals surface area contributed by atoms with E-state index in [2.05, 4.69) is 24.0 Å². The largest absolute Gasteiger partial charge is 0.460 e. The molecule has 0 radical (unpaired) electrons. The van der Waals surface area contributed by atoms with Crippen LogP contribution in [0.1, 0.15) is 58.8 Å². The molecule has 2 bridgehead atoms. The number of esters is 1. The molecule has 0 unspecified atom stereocenters. The lowest BCUT2D eigenvalue weighted by molar-refractivity contribution is -0.183. The van der Waals surface area contributed by atoms with Crippen molar-refractivity contribution in [1.29, 1.82) is 0 Å². The molecule has 8 atom stereocenters. The average molecular weight is 430 g/mol. The molecule has 1 spiro atoms. The lowest BCUT2D eigenvalue weighted by atomic mass is 9.56. The van der Waals surface area contributed by atoms with Gasteiger partial charge in [-0.15, -0.1) is 0 Å². The van der Waals surface area contributed by atoms with Gasteiger partial charge in [0.1, 0.15) is 12.7 Å². The summed E-state index contributed by atoms with van der Waals surface area (Å²) in [5.41, 5.74) is -1.67. The van der Waals surface area contributed by atoms with Gasteiger partial charge in [0, 0.05) is 36.9 Å². The second-order valence-electron chi connectivity index (χ2n) is 11.7. The zero-order chi connectivity index (χ0) is 21.6. The van der Waals surface area contributed by atoms with Gasteiger partial charge in [0.15, 0.2) is 5.78 Å². The fourth-order valence-corrected chi connectivity index (χ4v) is 8.89. The van der Waals surface area contributed by atoms with E-state index in [0.29, 0.717) is 24.8 Å². The van der Waals surface area contributed by atoms with Crippen LogP contribution in [0.2, 0.25) is 0 Å². The Morgan fingerprint density at radius 1 is 1.23 bits per heavy atom. The monoisotopic (exact) mass is 429 g/mol. The predicted molar refractivity (Wildman–Crippen MR) is 113 cm³/mol. The standard InChI is InChI=1S/C25H35NO5/c1-22-14-26-11-17(8-7-16-5-3-4-6-16)24(15-27)13-25(26,20(22)30-12-18(22)28)21-23(24,2)10-9-19(29)31-21/h3,5,16-17,20-21,27H,4,6-15H2,1-2H3/t16-,17-,20+,21+,22-,23-,24-,25-/m1/s1. The first-order chi connectivity index (χ1) is 14.8. The number of hydrogen-bond acceptors (Lipinski definition) is 6. The number of carbonyl (C=O) groups is 2. The van der Waals surface area contributed by atoms with Crippen molar-refractivity contribution in [2.75, 3.05) is 26.3 Å². The van der Waals surface area contributed by atoms with Crippen LogP contribution in [0.25, 0.3) is 0 Å². The zero-order valence-electron chi connectivity index (χ0n) is 18.8. The number of carbonyl (C=O) groups excluding carboxylic acids is 2. The van der Waals surface area contributed by atoms with E-state index in [0.717, 1.165) is 32.2 Å². The average Bonchev–Trinajstić information content (AvgIpc) is 3.46. The van der Waals surface area contributed by atoms with Crippen LogP contribution in [0, 0.1) is 28.1 Å². The third-order valence-corrected chi connectivity index (χ3v) is 10.5. The molecule has 6 heteroatoms. The van der Waals surface area contributed by atoms with E-state index in [1.54, 1.807) is 0 Å². The number of nitrogens with zero attached hydrogens (tertiary/aromatic N) is 1. The first-order valence-electron chi connectivity index (χ1n) is 12.2. The Hall–Kier alpha value is -1.24. The zero-order valence-corrected chi connectivity index (χ0v) is 18.8. The molecule has 0 aromatic carbocycles. The Morgan fingerprint density at radius 2 is 2.06 bits per heavy atom. The summed E-state index contributed by atoms with van der Waals surface area (Å²) in [6.45, 7) is 6.06. The summed E-state index contributed by atoms with van der Waals surface area (Å²) in [6, 6.07) is 0. The molecule has 0 aromatic heterocycles. The van der Waals surface area contributed by atoms with Crippen LogP contribution in [-0.2, 0) is 19.1 Å². The van der Waals surface area contributed by atoms with Gasteiger partial charge in [-0.2, -0.15) is 0 Å². The smallest absolute Gasteiger partial charge is 0.306 e. The summed E-state index contributed by atoms with van der Waals surface area (Å²) in [4.78, 5) is 27.9. The van der Waals surface area contributed by atoms with E-state index in [9.17, 15) is 14.7 Å². The number of aliphatic hydroxyl groups excluding tert-OH is 1. The summed E-state index contributed by atoms with van der Waals surface area (Å²) in [5, 5.41) is 11.0. The molecule has 4 heterocycles. The van der Waals surface area contributed by atoms with Crippen LogP contribution in [0.5, 0.6) is 0 Å². The maximum Gasteiger partial charge on any atom is 0.306 e. The van der Waals surface area contributed by atoms with Crippen molar-refractivity contribution in [2.45, 2.75) is 76.5 Å². The van der Waals surface area contributed by atoms with E-state index in [1.807, 2.05) is 6.92 Å². The molecular weight excluding hydrogens is 394 g/mol. The van der Waals surface area contributed by atoms with Crippen molar-refractivity contribution >= 4 is 11.8 Å². The minimum absolute atomic E-state index is 0.107. The topological polar surface area (TPSA) is 76.1 Å². The van der Waals surface area contributed by atoms with Gasteiger partial charge in [0.2, 0.25) is 0 Å². The van der Waals surface area contributed by atoms with E-state index >= 15 is 0 Å². The van der Waals surface area contributed by atoms with Crippen molar-refractivity contribution in [2.24, 2.45) is 28.1 Å². The summed E-state index contributed by atoms with van der Waals surface area (Å²) in [7, 11) is 0. The van der Waals surface area contributed by atoms with Gasteiger partial charge in [-0.05, 0) is 57.3 Å². The van der Waals surface area contributed by atoms with Crippen LogP contribution < -0.4 is 0 Å². The van der Waals surface area contributed by atoms with Crippen molar-refractivity contribution in [3.05, 3.63) is 12.2 Å². The molecule has 1 N–H and O–H groups in total. The summed E-state index contributed by atoms with van der Waals surface area (Å²) >= 11 is 0. The molecule has 0 amide bonds. The second-order valence-corrected chi connectivity index (χ2v) is 11.7. The minimum Gasteiger partial charge on any atom is -0.460 e. The molecule has 6 rings (SSSR count). The highest BCUT2D eigenvalue weighted by atomic mass is 16.6. The van der Waals surface area contributed by atoms with Crippen LogP contribution in [0.15, 0.2) is 12.2 Å². The SMILES string of the molecule is C[C@]12CN3C[C@@H](CC[C@@H]4C=CCC4)[C@]4(CO)C[C@@]3([C@H]1OCC2=O)[C@H]1OC(=O)CC[C@]14C. The molecule has 4 saturated heterocycles. The van der Waals surface area contributed by atoms with E-state index in [-0.39, 0.29) is 48.0 Å². The van der Waals surface area contributed by atoms with Gasteiger partial charge in [0.05, 0.1) is 17.1 Å². The fourth-order valence-electron chi connectivity index (χ4n) is 8.89. The van der Waals surface area contributed by atoms with Crippen LogP contribution in [0.3, 0.4) is 0 Å². The number of fused-ring (bicyclic) bond motifs is 4. The van der Waals surface area contributed by atoms with Crippen molar-refractivity contribution in [1.82, 2.24) is 4.90 Å². The third kappa shape index (κ3) is 2.29. The van der Waals surface area contributed by atoms with Crippen LogP contribution in [0.4, 0.5) is 0 Å². The molecular formula is C25H35NO5. The maximum absolute atomic E-state index is 12.9. The summed E-state index contributed by atoms with van der Waals surface area (Å²) < 4.78 is 12.4. The van der Waals surface area contributed by atoms with Crippen LogP contribution >= 0.6 is 0 Å². The minimum atomic E-state index is -0.556. The van der Waals surface area contributed by atoms with Gasteiger partial charge in [0.25, 0.3) is 0 Å². The van der Waals surface area contributed by atoms with E-state index < -0.39 is 11.0 Å². The Labute approximate surface area is 184 Å². The first kappa shape index (κ1) is 20.4. The lowest BCUT2D eigenvalue weighted by Crippen LogP contribution is -2.62. The van der Waals surface area contributed by atoms with Crippen molar-refractivity contribution in [3.8, 4) is 0 Å². The summed E-state index contributed by atoms with van der Waals surface area (Å²) in [5.74, 6) is 0.975. The van der Waals surface area contributed by atoms with Gasteiger partial charge in [-0.25, -0.2) is 0 Å². The number of ketones is 1. The van der Waals surface area contributed by atoms with E-state index in [4.69, 9.17) is 9.47 Å².